The van der Waals surface area contributed by atoms with Crippen LogP contribution in [0.15, 0.2) is 24.3 Å². The fourth-order valence-electron chi connectivity index (χ4n) is 2.43. The summed E-state index contributed by atoms with van der Waals surface area (Å²) in [5.74, 6) is -1.22. The summed E-state index contributed by atoms with van der Waals surface area (Å²) in [7, 11) is 0. The van der Waals surface area contributed by atoms with Crippen LogP contribution in [0.25, 0.3) is 0 Å². The van der Waals surface area contributed by atoms with E-state index in [0.717, 1.165) is 0 Å². The van der Waals surface area contributed by atoms with Gasteiger partial charge in [-0.15, -0.1) is 0 Å². The molecule has 1 aliphatic rings. The Morgan fingerprint density at radius 3 is 2.64 bits per heavy atom. The average Bonchev–Trinajstić information content (AvgIpc) is 2.92. The van der Waals surface area contributed by atoms with E-state index in [4.69, 9.17) is 4.74 Å². The van der Waals surface area contributed by atoms with Gasteiger partial charge in [-0.1, -0.05) is 6.92 Å². The first-order valence-electron chi connectivity index (χ1n) is 6.98. The molecule has 1 aromatic carbocycles. The second-order valence-electron chi connectivity index (χ2n) is 5.36. The Morgan fingerprint density at radius 1 is 1.45 bits per heavy atom. The van der Waals surface area contributed by atoms with Crippen molar-refractivity contribution in [2.75, 3.05) is 12.3 Å². The van der Waals surface area contributed by atoms with Gasteiger partial charge >= 0.3 is 5.97 Å². The molecule has 120 valence electrons. The van der Waals surface area contributed by atoms with Gasteiger partial charge in [-0.3, -0.25) is 4.79 Å². The lowest BCUT2D eigenvalue weighted by atomic mass is 10.1. The van der Waals surface area contributed by atoms with Crippen molar-refractivity contribution in [3.05, 3.63) is 30.1 Å². The quantitative estimate of drug-likeness (QED) is 0.810. The molecule has 1 fully saturated rings. The summed E-state index contributed by atoms with van der Waals surface area (Å²) in [6.45, 7) is 1.91. The van der Waals surface area contributed by atoms with Crippen molar-refractivity contribution < 1.29 is 23.8 Å². The van der Waals surface area contributed by atoms with Crippen LogP contribution in [0, 0.1) is 11.7 Å². The highest BCUT2D eigenvalue weighted by Crippen LogP contribution is 2.25. The Morgan fingerprint density at radius 2 is 2.09 bits per heavy atom. The first kappa shape index (κ1) is 16.6. The lowest BCUT2D eigenvalue weighted by Crippen LogP contribution is -2.43. The maximum Gasteiger partial charge on any atom is 0.326 e. The van der Waals surface area contributed by atoms with Crippen molar-refractivity contribution in [2.24, 2.45) is 5.92 Å². The minimum absolute atomic E-state index is 0.200. The van der Waals surface area contributed by atoms with Crippen molar-refractivity contribution in [3.63, 3.8) is 0 Å². The number of nitrogens with zero attached hydrogens (tertiary/aromatic N) is 1. The predicted molar refractivity (Wildman–Crippen MR) is 81.6 cm³/mol. The molecule has 0 spiro atoms. The lowest BCUT2D eigenvalue weighted by Gasteiger charge is -2.24. The molecule has 1 unspecified atom stereocenters. The van der Waals surface area contributed by atoms with E-state index >= 15 is 0 Å². The van der Waals surface area contributed by atoms with E-state index in [1.807, 2.05) is 0 Å². The molecule has 5 nitrogen and oxygen atoms in total. The number of carbonyl (C=O) groups is 2. The summed E-state index contributed by atoms with van der Waals surface area (Å²) in [6, 6.07) is 4.59. The van der Waals surface area contributed by atoms with E-state index in [-0.39, 0.29) is 30.6 Å². The summed E-state index contributed by atoms with van der Waals surface area (Å²) >= 11 is 4.08. The van der Waals surface area contributed by atoms with Crippen LogP contribution in [-0.4, -0.2) is 46.3 Å². The Hall–Kier alpha value is -1.76. The van der Waals surface area contributed by atoms with E-state index in [0.29, 0.717) is 11.5 Å². The summed E-state index contributed by atoms with van der Waals surface area (Å²) in [4.78, 5) is 24.9. The molecule has 0 saturated carbocycles. The summed E-state index contributed by atoms with van der Waals surface area (Å²) < 4.78 is 18.5. The first-order chi connectivity index (χ1) is 10.4. The van der Waals surface area contributed by atoms with Gasteiger partial charge in [0.15, 0.2) is 0 Å². The van der Waals surface area contributed by atoms with Crippen molar-refractivity contribution in [3.8, 4) is 5.75 Å². The number of carboxylic acids is 1. The number of aliphatic carboxylic acids is 1. The fourth-order valence-corrected chi connectivity index (χ4v) is 2.58. The van der Waals surface area contributed by atoms with Gasteiger partial charge in [0.05, 0.1) is 6.54 Å². The van der Waals surface area contributed by atoms with Gasteiger partial charge in [0.1, 0.15) is 23.7 Å². The number of hydrogen-bond acceptors (Lipinski definition) is 4. The summed E-state index contributed by atoms with van der Waals surface area (Å²) in [5, 5.41) is 9.29. The van der Waals surface area contributed by atoms with Crippen LogP contribution in [0.4, 0.5) is 4.39 Å². The second-order valence-corrected chi connectivity index (χ2v) is 5.72. The normalized spacial score (nSPS) is 22.4. The van der Waals surface area contributed by atoms with E-state index in [1.165, 1.54) is 29.2 Å². The number of benzene rings is 1. The topological polar surface area (TPSA) is 66.8 Å². The third kappa shape index (κ3) is 3.71. The highest BCUT2D eigenvalue weighted by molar-refractivity contribution is 7.80. The molecule has 0 aliphatic carbocycles. The van der Waals surface area contributed by atoms with Gasteiger partial charge in [0, 0.05) is 18.1 Å². The molecule has 3 atom stereocenters. The number of hydrogen-bond donors (Lipinski definition) is 2. The monoisotopic (exact) mass is 327 g/mol. The highest BCUT2D eigenvalue weighted by Gasteiger charge is 2.41. The molecule has 0 aromatic heterocycles. The number of carboxylic acid groups (broad SMARTS) is 1. The number of carbonyl (C=O) groups excluding carboxylic acids is 1. The maximum absolute atomic E-state index is 12.9. The third-order valence-corrected chi connectivity index (χ3v) is 4.19. The van der Waals surface area contributed by atoms with E-state index < -0.39 is 18.1 Å². The standard InChI is InChI=1S/C15H18FNO4S/c1-9(8-22)14(18)17-7-12(6-13(17)15(19)20)21-11-4-2-10(16)3-5-11/h2-5,9,12-13,22H,6-8H2,1H3,(H,19,20)/t9?,12-,13-/m0/s1. The smallest absolute Gasteiger partial charge is 0.326 e. The molecule has 1 aliphatic heterocycles. The van der Waals surface area contributed by atoms with Gasteiger partial charge in [-0.2, -0.15) is 12.6 Å². The molecule has 1 heterocycles. The van der Waals surface area contributed by atoms with Gasteiger partial charge in [0.2, 0.25) is 5.91 Å². The van der Waals surface area contributed by atoms with Gasteiger partial charge < -0.3 is 14.7 Å². The van der Waals surface area contributed by atoms with Crippen LogP contribution in [-0.2, 0) is 9.59 Å². The van der Waals surface area contributed by atoms with Crippen molar-refractivity contribution in [2.45, 2.75) is 25.5 Å². The van der Waals surface area contributed by atoms with Crippen LogP contribution in [0.5, 0.6) is 5.75 Å². The van der Waals surface area contributed by atoms with E-state index in [2.05, 4.69) is 12.6 Å². The van der Waals surface area contributed by atoms with Crippen molar-refractivity contribution >= 4 is 24.5 Å². The number of likely N-dealkylation sites (tertiary alicyclic amines) is 1. The fraction of sp³-hybridized carbons (Fsp3) is 0.467. The van der Waals surface area contributed by atoms with E-state index in [9.17, 15) is 19.1 Å². The lowest BCUT2D eigenvalue weighted by molar-refractivity contribution is -0.149. The third-order valence-electron chi connectivity index (χ3n) is 3.64. The molecule has 1 amide bonds. The van der Waals surface area contributed by atoms with Crippen LogP contribution >= 0.6 is 12.6 Å². The Labute approximate surface area is 133 Å². The molecule has 1 aromatic rings. The molecule has 0 radical (unpaired) electrons. The largest absolute Gasteiger partial charge is 0.488 e. The number of rotatable bonds is 5. The molecule has 7 heteroatoms. The summed E-state index contributed by atoms with van der Waals surface area (Å²) in [5.41, 5.74) is 0. The average molecular weight is 327 g/mol. The summed E-state index contributed by atoms with van der Waals surface area (Å²) in [6.07, 6.45) is -0.222. The molecular formula is C15H18FNO4S. The molecular weight excluding hydrogens is 309 g/mol. The van der Waals surface area contributed by atoms with Crippen molar-refractivity contribution in [1.29, 1.82) is 0 Å². The molecule has 0 bridgehead atoms. The number of ether oxygens (including phenoxy) is 1. The predicted octanol–water partition coefficient (Wildman–Crippen LogP) is 1.82. The van der Waals surface area contributed by atoms with Crippen LogP contribution in [0.1, 0.15) is 13.3 Å². The zero-order chi connectivity index (χ0) is 16.3. The molecule has 1 N–H and O–H groups in total. The molecule has 2 rings (SSSR count). The Balaban J connectivity index is 2.08. The minimum atomic E-state index is -1.05. The number of thiol groups is 1. The van der Waals surface area contributed by atoms with Gasteiger partial charge in [-0.25, -0.2) is 9.18 Å². The van der Waals surface area contributed by atoms with Crippen LogP contribution in [0.2, 0.25) is 0 Å². The zero-order valence-electron chi connectivity index (χ0n) is 12.1. The van der Waals surface area contributed by atoms with Crippen LogP contribution in [0.3, 0.4) is 0 Å². The number of amides is 1. The Kier molecular flexibility index (Phi) is 5.28. The van der Waals surface area contributed by atoms with Gasteiger partial charge in [-0.05, 0) is 24.3 Å². The van der Waals surface area contributed by atoms with Gasteiger partial charge in [0.25, 0.3) is 0 Å². The zero-order valence-corrected chi connectivity index (χ0v) is 13.0. The minimum Gasteiger partial charge on any atom is -0.488 e. The highest BCUT2D eigenvalue weighted by atomic mass is 32.1. The van der Waals surface area contributed by atoms with Crippen LogP contribution < -0.4 is 4.74 Å². The maximum atomic E-state index is 12.9. The van der Waals surface area contributed by atoms with E-state index in [1.54, 1.807) is 6.92 Å². The Bertz CT molecular complexity index is 551. The second kappa shape index (κ2) is 7.00. The molecule has 1 saturated heterocycles. The van der Waals surface area contributed by atoms with Crippen molar-refractivity contribution in [1.82, 2.24) is 4.90 Å². The SMILES string of the molecule is CC(CS)C(=O)N1C[C@@H](Oc2ccc(F)cc2)C[C@H]1C(=O)O. The molecule has 22 heavy (non-hydrogen) atoms. The first-order valence-corrected chi connectivity index (χ1v) is 7.62. The number of halogens is 1.